The van der Waals surface area contributed by atoms with Crippen LogP contribution in [0.2, 0.25) is 0 Å². The maximum atomic E-state index is 13.0. The van der Waals surface area contributed by atoms with Crippen molar-refractivity contribution in [2.24, 2.45) is 0 Å². The molecule has 0 aliphatic carbocycles. The molecule has 128 valence electrons. The zero-order valence-electron chi connectivity index (χ0n) is 13.3. The molecule has 5 nitrogen and oxygen atoms in total. The minimum absolute atomic E-state index is 0.0287. The molecule has 7 heteroatoms. The van der Waals surface area contributed by atoms with Crippen LogP contribution in [-0.2, 0) is 21.2 Å². The van der Waals surface area contributed by atoms with Crippen LogP contribution >= 0.6 is 0 Å². The van der Waals surface area contributed by atoms with Gasteiger partial charge in [-0.25, -0.2) is 12.8 Å². The van der Waals surface area contributed by atoms with Gasteiger partial charge < -0.3 is 5.11 Å². The molecule has 0 aliphatic heterocycles. The summed E-state index contributed by atoms with van der Waals surface area (Å²) in [5, 5.41) is 9.43. The molecule has 2 aromatic carbocycles. The Balaban J connectivity index is 2.31. The summed E-state index contributed by atoms with van der Waals surface area (Å²) >= 11 is 0. The zero-order chi connectivity index (χ0) is 17.9. The summed E-state index contributed by atoms with van der Waals surface area (Å²) in [6.45, 7) is 1.83. The van der Waals surface area contributed by atoms with E-state index in [0.29, 0.717) is 5.56 Å². The van der Waals surface area contributed by atoms with Crippen molar-refractivity contribution in [2.45, 2.75) is 24.3 Å². The molecule has 0 spiro atoms. The molecule has 1 atom stereocenters. The van der Waals surface area contributed by atoms with Gasteiger partial charge in [0.1, 0.15) is 11.9 Å². The molecule has 24 heavy (non-hydrogen) atoms. The van der Waals surface area contributed by atoms with Crippen LogP contribution in [0.1, 0.15) is 11.1 Å². The summed E-state index contributed by atoms with van der Waals surface area (Å²) in [4.78, 5) is 11.6. The summed E-state index contributed by atoms with van der Waals surface area (Å²) in [6, 6.07) is 10.2. The van der Waals surface area contributed by atoms with Crippen molar-refractivity contribution in [1.29, 1.82) is 0 Å². The Kier molecular flexibility index (Phi) is 5.36. The monoisotopic (exact) mass is 351 g/mol. The van der Waals surface area contributed by atoms with E-state index in [4.69, 9.17) is 0 Å². The van der Waals surface area contributed by atoms with Crippen molar-refractivity contribution in [1.82, 2.24) is 4.31 Å². The lowest BCUT2D eigenvalue weighted by atomic mass is 10.1. The Morgan fingerprint density at radius 2 is 1.67 bits per heavy atom. The van der Waals surface area contributed by atoms with Crippen LogP contribution in [0.15, 0.2) is 53.4 Å². The van der Waals surface area contributed by atoms with E-state index in [1.54, 1.807) is 12.1 Å². The highest BCUT2D eigenvalue weighted by atomic mass is 32.2. The Morgan fingerprint density at radius 3 is 2.17 bits per heavy atom. The SMILES string of the molecule is Cc1ccc(S(=O)(=O)N(C)[C@@H](Cc2ccc(F)cc2)C(=O)O)cc1. The predicted molar refractivity (Wildman–Crippen MR) is 87.7 cm³/mol. The highest BCUT2D eigenvalue weighted by Crippen LogP contribution is 2.19. The molecule has 2 rings (SSSR count). The maximum absolute atomic E-state index is 13.0. The van der Waals surface area contributed by atoms with Crippen molar-refractivity contribution >= 4 is 16.0 Å². The van der Waals surface area contributed by atoms with E-state index in [-0.39, 0.29) is 11.3 Å². The number of halogens is 1. The third-order valence-corrected chi connectivity index (χ3v) is 5.64. The van der Waals surface area contributed by atoms with Crippen molar-refractivity contribution in [3.8, 4) is 0 Å². The van der Waals surface area contributed by atoms with Gasteiger partial charge in [-0.05, 0) is 43.2 Å². The van der Waals surface area contributed by atoms with E-state index in [1.807, 2.05) is 6.92 Å². The zero-order valence-corrected chi connectivity index (χ0v) is 14.1. The maximum Gasteiger partial charge on any atom is 0.322 e. The van der Waals surface area contributed by atoms with Gasteiger partial charge in [0.05, 0.1) is 4.90 Å². The molecule has 0 aromatic heterocycles. The third-order valence-electron chi connectivity index (χ3n) is 3.76. The van der Waals surface area contributed by atoms with Crippen LogP contribution < -0.4 is 0 Å². The smallest absolute Gasteiger partial charge is 0.322 e. The van der Waals surface area contributed by atoms with Crippen LogP contribution in [0.4, 0.5) is 4.39 Å². The highest BCUT2D eigenvalue weighted by Gasteiger charge is 2.32. The first-order chi connectivity index (χ1) is 11.2. The van der Waals surface area contributed by atoms with Crippen molar-refractivity contribution in [2.75, 3.05) is 7.05 Å². The second kappa shape index (κ2) is 7.11. The molecule has 0 unspecified atom stereocenters. The first-order valence-corrected chi connectivity index (χ1v) is 8.68. The number of carboxylic acids is 1. The molecular formula is C17H18FNO4S. The van der Waals surface area contributed by atoms with E-state index in [1.165, 1.54) is 43.4 Å². The number of carboxylic acid groups (broad SMARTS) is 1. The van der Waals surface area contributed by atoms with E-state index in [2.05, 4.69) is 0 Å². The number of rotatable bonds is 6. The number of likely N-dealkylation sites (N-methyl/N-ethyl adjacent to an activating group) is 1. The Bertz CT molecular complexity index is 817. The average molecular weight is 351 g/mol. The molecule has 2 aromatic rings. The fourth-order valence-electron chi connectivity index (χ4n) is 2.26. The lowest BCUT2D eigenvalue weighted by Crippen LogP contribution is -2.43. The molecule has 0 bridgehead atoms. The van der Waals surface area contributed by atoms with E-state index < -0.39 is 27.9 Å². The van der Waals surface area contributed by atoms with Crippen molar-refractivity contribution in [3.05, 3.63) is 65.5 Å². The Labute approximate surface area is 140 Å². The van der Waals surface area contributed by atoms with Crippen molar-refractivity contribution < 1.29 is 22.7 Å². The average Bonchev–Trinajstić information content (AvgIpc) is 2.53. The lowest BCUT2D eigenvalue weighted by molar-refractivity contribution is -0.141. The Hall–Kier alpha value is -2.25. The van der Waals surface area contributed by atoms with Crippen LogP contribution in [0.5, 0.6) is 0 Å². The lowest BCUT2D eigenvalue weighted by Gasteiger charge is -2.24. The third kappa shape index (κ3) is 3.98. The summed E-state index contributed by atoms with van der Waals surface area (Å²) in [6.07, 6.45) is -0.0583. The van der Waals surface area contributed by atoms with Crippen LogP contribution in [0.3, 0.4) is 0 Å². The summed E-state index contributed by atoms with van der Waals surface area (Å²) < 4.78 is 39.1. The van der Waals surface area contributed by atoms with Gasteiger partial charge in [0.15, 0.2) is 0 Å². The van der Waals surface area contributed by atoms with E-state index >= 15 is 0 Å². The molecule has 0 heterocycles. The second-order valence-electron chi connectivity index (χ2n) is 5.52. The highest BCUT2D eigenvalue weighted by molar-refractivity contribution is 7.89. The van der Waals surface area contributed by atoms with Crippen LogP contribution in [0, 0.1) is 12.7 Å². The van der Waals surface area contributed by atoms with Gasteiger partial charge in [0.2, 0.25) is 10.0 Å². The van der Waals surface area contributed by atoms with Crippen LogP contribution in [0.25, 0.3) is 0 Å². The normalized spacial score (nSPS) is 13.0. The van der Waals surface area contributed by atoms with Crippen LogP contribution in [-0.4, -0.2) is 36.9 Å². The number of carbonyl (C=O) groups is 1. The van der Waals surface area contributed by atoms with Gasteiger partial charge in [-0.3, -0.25) is 4.79 Å². The van der Waals surface area contributed by atoms with E-state index in [0.717, 1.165) is 9.87 Å². The second-order valence-corrected chi connectivity index (χ2v) is 7.52. The van der Waals surface area contributed by atoms with Gasteiger partial charge in [-0.2, -0.15) is 4.31 Å². The van der Waals surface area contributed by atoms with Gasteiger partial charge in [-0.15, -0.1) is 0 Å². The van der Waals surface area contributed by atoms with Gasteiger partial charge in [0.25, 0.3) is 0 Å². The molecule has 1 N–H and O–H groups in total. The predicted octanol–water partition coefficient (Wildman–Crippen LogP) is 2.45. The fraction of sp³-hybridized carbons (Fsp3) is 0.235. The summed E-state index contributed by atoms with van der Waals surface area (Å²) in [5.41, 5.74) is 1.44. The van der Waals surface area contributed by atoms with Gasteiger partial charge in [0, 0.05) is 7.05 Å². The molecule has 0 saturated heterocycles. The summed E-state index contributed by atoms with van der Waals surface area (Å²) in [5.74, 6) is -1.70. The molecule has 0 amide bonds. The van der Waals surface area contributed by atoms with Gasteiger partial charge in [-0.1, -0.05) is 29.8 Å². The largest absolute Gasteiger partial charge is 0.480 e. The number of aliphatic carboxylic acids is 1. The Morgan fingerprint density at radius 1 is 1.12 bits per heavy atom. The first kappa shape index (κ1) is 18.1. The van der Waals surface area contributed by atoms with Crippen molar-refractivity contribution in [3.63, 3.8) is 0 Å². The number of sulfonamides is 1. The van der Waals surface area contributed by atoms with E-state index in [9.17, 15) is 22.7 Å². The number of benzene rings is 2. The molecule has 0 radical (unpaired) electrons. The molecular weight excluding hydrogens is 333 g/mol. The first-order valence-electron chi connectivity index (χ1n) is 7.24. The standard InChI is InChI=1S/C17H18FNO4S/c1-12-3-9-15(10-4-12)24(22,23)19(2)16(17(20)21)11-13-5-7-14(18)8-6-13/h3-10,16H,11H2,1-2H3,(H,20,21)/t16-/m0/s1. The van der Waals surface area contributed by atoms with Gasteiger partial charge >= 0.3 is 5.97 Å². The summed E-state index contributed by atoms with van der Waals surface area (Å²) in [7, 11) is -2.72. The topological polar surface area (TPSA) is 74.7 Å². The number of aryl methyl sites for hydroxylation is 1. The quantitative estimate of drug-likeness (QED) is 0.867. The molecule has 0 fully saturated rings. The molecule has 0 aliphatic rings. The fourth-order valence-corrected chi connectivity index (χ4v) is 3.57. The minimum Gasteiger partial charge on any atom is -0.480 e. The number of hydrogen-bond donors (Lipinski definition) is 1. The molecule has 0 saturated carbocycles. The minimum atomic E-state index is -3.95. The number of nitrogens with zero attached hydrogens (tertiary/aromatic N) is 1. The number of hydrogen-bond acceptors (Lipinski definition) is 3.